The van der Waals surface area contributed by atoms with Crippen molar-refractivity contribution in [2.75, 3.05) is 13.3 Å². The topological polar surface area (TPSA) is 67.9 Å². The number of halogens is 1. The molecule has 3 rings (SSSR count). The molecule has 6 nitrogen and oxygen atoms in total. The Morgan fingerprint density at radius 2 is 1.93 bits per heavy atom. The Morgan fingerprint density at radius 1 is 1.14 bits per heavy atom. The molecule has 7 heteroatoms. The van der Waals surface area contributed by atoms with Crippen molar-refractivity contribution in [2.45, 2.75) is 39.3 Å². The van der Waals surface area contributed by atoms with Gasteiger partial charge in [0.15, 0.2) is 11.5 Å². The van der Waals surface area contributed by atoms with Gasteiger partial charge in [0.1, 0.15) is 6.04 Å². The first kappa shape index (κ1) is 21.2. The van der Waals surface area contributed by atoms with E-state index in [1.54, 1.807) is 11.8 Å². The minimum Gasteiger partial charge on any atom is -0.454 e. The van der Waals surface area contributed by atoms with Gasteiger partial charge in [-0.15, -0.1) is 0 Å². The quantitative estimate of drug-likeness (QED) is 0.652. The van der Waals surface area contributed by atoms with Crippen molar-refractivity contribution < 1.29 is 19.1 Å². The van der Waals surface area contributed by atoms with Crippen molar-refractivity contribution in [3.8, 4) is 11.5 Å². The van der Waals surface area contributed by atoms with Crippen LogP contribution in [0.3, 0.4) is 0 Å². The highest BCUT2D eigenvalue weighted by molar-refractivity contribution is 9.10. The number of aryl methyl sites for hydroxylation is 1. The summed E-state index contributed by atoms with van der Waals surface area (Å²) in [6.07, 6.45) is 0.865. The zero-order valence-corrected chi connectivity index (χ0v) is 18.2. The van der Waals surface area contributed by atoms with Crippen LogP contribution in [0.4, 0.5) is 0 Å². The number of carbonyl (C=O) groups is 2. The molecule has 154 valence electrons. The van der Waals surface area contributed by atoms with E-state index in [1.807, 2.05) is 49.4 Å². The van der Waals surface area contributed by atoms with Crippen molar-refractivity contribution in [3.05, 3.63) is 58.1 Å². The molecule has 1 N–H and O–H groups in total. The van der Waals surface area contributed by atoms with Crippen LogP contribution in [0.2, 0.25) is 0 Å². The van der Waals surface area contributed by atoms with E-state index in [0.717, 1.165) is 21.3 Å². The number of nitrogens with one attached hydrogen (secondary N) is 1. The van der Waals surface area contributed by atoms with Gasteiger partial charge in [0.05, 0.1) is 0 Å². The lowest BCUT2D eigenvalue weighted by molar-refractivity contribution is -0.140. The van der Waals surface area contributed by atoms with E-state index in [1.165, 1.54) is 0 Å². The minimum atomic E-state index is -0.557. The SMILES string of the molecule is CCNC(=O)[C@H](C)N(Cc1cccc(Br)c1)C(=O)CCc1ccc2c(c1)OCO2. The molecule has 1 aliphatic heterocycles. The zero-order chi connectivity index (χ0) is 20.8. The van der Waals surface area contributed by atoms with E-state index >= 15 is 0 Å². The molecule has 0 saturated heterocycles. The fourth-order valence-corrected chi connectivity index (χ4v) is 3.67. The fourth-order valence-electron chi connectivity index (χ4n) is 3.23. The predicted molar refractivity (Wildman–Crippen MR) is 114 cm³/mol. The molecule has 0 aliphatic carbocycles. The molecule has 2 aromatic rings. The molecule has 2 aromatic carbocycles. The summed E-state index contributed by atoms with van der Waals surface area (Å²) in [5.74, 6) is 1.21. The summed E-state index contributed by atoms with van der Waals surface area (Å²) in [5, 5.41) is 2.81. The Kier molecular flexibility index (Phi) is 7.14. The highest BCUT2D eigenvalue weighted by atomic mass is 79.9. The number of benzene rings is 2. The second kappa shape index (κ2) is 9.78. The standard InChI is InChI=1S/C22H25BrN2O4/c1-3-24-22(27)15(2)25(13-17-5-4-6-18(23)11-17)21(26)10-8-16-7-9-19-20(12-16)29-14-28-19/h4-7,9,11-12,15H,3,8,10,13-14H2,1-2H3,(H,24,27)/t15-/m0/s1. The van der Waals surface area contributed by atoms with Crippen LogP contribution in [0.1, 0.15) is 31.4 Å². The summed E-state index contributed by atoms with van der Waals surface area (Å²) in [6.45, 7) is 4.76. The van der Waals surface area contributed by atoms with E-state index < -0.39 is 6.04 Å². The molecule has 0 fully saturated rings. The van der Waals surface area contributed by atoms with Crippen molar-refractivity contribution in [1.29, 1.82) is 0 Å². The minimum absolute atomic E-state index is 0.0682. The third-order valence-electron chi connectivity index (χ3n) is 4.82. The Balaban J connectivity index is 1.71. The number of carbonyl (C=O) groups excluding carboxylic acids is 2. The molecule has 2 amide bonds. The maximum atomic E-state index is 13.1. The van der Waals surface area contributed by atoms with Crippen molar-refractivity contribution >= 4 is 27.7 Å². The van der Waals surface area contributed by atoms with Crippen LogP contribution in [0.15, 0.2) is 46.9 Å². The number of hydrogen-bond acceptors (Lipinski definition) is 4. The molecule has 29 heavy (non-hydrogen) atoms. The number of amides is 2. The maximum Gasteiger partial charge on any atom is 0.242 e. The van der Waals surface area contributed by atoms with Crippen LogP contribution in [-0.2, 0) is 22.6 Å². The lowest BCUT2D eigenvalue weighted by Gasteiger charge is -2.29. The van der Waals surface area contributed by atoms with E-state index in [2.05, 4.69) is 21.2 Å². The Hall–Kier alpha value is -2.54. The van der Waals surface area contributed by atoms with Gasteiger partial charge in [-0.25, -0.2) is 0 Å². The lowest BCUT2D eigenvalue weighted by Crippen LogP contribution is -2.47. The molecular weight excluding hydrogens is 436 g/mol. The Morgan fingerprint density at radius 3 is 2.69 bits per heavy atom. The Labute approximate surface area is 179 Å². The third kappa shape index (κ3) is 5.50. The third-order valence-corrected chi connectivity index (χ3v) is 5.32. The lowest BCUT2D eigenvalue weighted by atomic mass is 10.1. The molecular formula is C22H25BrN2O4. The molecule has 0 spiro atoms. The second-order valence-corrected chi connectivity index (χ2v) is 7.83. The van der Waals surface area contributed by atoms with Crippen LogP contribution < -0.4 is 14.8 Å². The number of nitrogens with zero attached hydrogens (tertiary/aromatic N) is 1. The van der Waals surface area contributed by atoms with Crippen LogP contribution in [0, 0.1) is 0 Å². The van der Waals surface area contributed by atoms with Gasteiger partial charge in [0, 0.05) is 24.0 Å². The molecule has 0 radical (unpaired) electrons. The predicted octanol–water partition coefficient (Wildman–Crippen LogP) is 3.66. The molecule has 0 bridgehead atoms. The van der Waals surface area contributed by atoms with E-state index in [4.69, 9.17) is 9.47 Å². The summed E-state index contributed by atoms with van der Waals surface area (Å²) in [6, 6.07) is 12.9. The smallest absolute Gasteiger partial charge is 0.242 e. The summed E-state index contributed by atoms with van der Waals surface area (Å²) in [4.78, 5) is 27.1. The second-order valence-electron chi connectivity index (χ2n) is 6.91. The highest BCUT2D eigenvalue weighted by Crippen LogP contribution is 2.32. The summed E-state index contributed by atoms with van der Waals surface area (Å²) >= 11 is 3.46. The molecule has 0 aromatic heterocycles. The molecule has 0 saturated carbocycles. The van der Waals surface area contributed by atoms with Gasteiger partial charge < -0.3 is 19.7 Å². The maximum absolute atomic E-state index is 13.1. The van der Waals surface area contributed by atoms with Crippen LogP contribution in [0.5, 0.6) is 11.5 Å². The van der Waals surface area contributed by atoms with E-state index in [-0.39, 0.29) is 18.6 Å². The van der Waals surface area contributed by atoms with Crippen molar-refractivity contribution in [3.63, 3.8) is 0 Å². The average Bonchev–Trinajstić information content (AvgIpc) is 3.18. The van der Waals surface area contributed by atoms with E-state index in [9.17, 15) is 9.59 Å². The first-order chi connectivity index (χ1) is 14.0. The molecule has 0 unspecified atom stereocenters. The Bertz CT molecular complexity index is 887. The van der Waals surface area contributed by atoms with Crippen LogP contribution >= 0.6 is 15.9 Å². The van der Waals surface area contributed by atoms with Gasteiger partial charge >= 0.3 is 0 Å². The largest absolute Gasteiger partial charge is 0.454 e. The van der Waals surface area contributed by atoms with Crippen LogP contribution in [0.25, 0.3) is 0 Å². The van der Waals surface area contributed by atoms with Crippen molar-refractivity contribution in [2.24, 2.45) is 0 Å². The van der Waals surface area contributed by atoms with Crippen LogP contribution in [-0.4, -0.2) is 36.1 Å². The first-order valence-electron chi connectivity index (χ1n) is 9.68. The molecule has 1 atom stereocenters. The van der Waals surface area contributed by atoms with Gasteiger partial charge in [-0.3, -0.25) is 9.59 Å². The van der Waals surface area contributed by atoms with Gasteiger partial charge in [-0.05, 0) is 55.7 Å². The summed E-state index contributed by atoms with van der Waals surface area (Å²) in [5.41, 5.74) is 1.96. The van der Waals surface area contributed by atoms with Gasteiger partial charge in [-0.1, -0.05) is 34.1 Å². The number of rotatable bonds is 8. The van der Waals surface area contributed by atoms with Gasteiger partial charge in [-0.2, -0.15) is 0 Å². The summed E-state index contributed by atoms with van der Waals surface area (Å²) in [7, 11) is 0. The monoisotopic (exact) mass is 460 g/mol. The van der Waals surface area contributed by atoms with Gasteiger partial charge in [0.2, 0.25) is 18.6 Å². The number of likely N-dealkylation sites (N-methyl/N-ethyl adjacent to an activating group) is 1. The molecule has 1 aliphatic rings. The average molecular weight is 461 g/mol. The highest BCUT2D eigenvalue weighted by Gasteiger charge is 2.25. The number of hydrogen-bond donors (Lipinski definition) is 1. The molecule has 1 heterocycles. The fraction of sp³-hybridized carbons (Fsp3) is 0.364. The van der Waals surface area contributed by atoms with E-state index in [0.29, 0.717) is 31.7 Å². The summed E-state index contributed by atoms with van der Waals surface area (Å²) < 4.78 is 11.7. The normalized spacial score (nSPS) is 13.1. The number of ether oxygens (including phenoxy) is 2. The first-order valence-corrected chi connectivity index (χ1v) is 10.5. The zero-order valence-electron chi connectivity index (χ0n) is 16.6. The number of fused-ring (bicyclic) bond motifs is 1. The van der Waals surface area contributed by atoms with Crippen molar-refractivity contribution in [1.82, 2.24) is 10.2 Å². The van der Waals surface area contributed by atoms with Gasteiger partial charge in [0.25, 0.3) is 0 Å².